The largest absolute Gasteiger partial charge is 0.412 e. The minimum absolute atomic E-state index is 0.00917. The van der Waals surface area contributed by atoms with Crippen LogP contribution in [0, 0.1) is 5.82 Å². The lowest BCUT2D eigenvalue weighted by atomic mass is 10.2. The molecule has 11 heteroatoms. The summed E-state index contributed by atoms with van der Waals surface area (Å²) in [5.41, 5.74) is 0.441. The van der Waals surface area contributed by atoms with Gasteiger partial charge in [0.05, 0.1) is 5.75 Å². The van der Waals surface area contributed by atoms with Gasteiger partial charge in [0.25, 0.3) is 0 Å². The first-order valence-electron chi connectivity index (χ1n) is 6.40. The second-order valence-electron chi connectivity index (χ2n) is 4.76. The summed E-state index contributed by atoms with van der Waals surface area (Å²) in [4.78, 5) is 0. The minimum Gasteiger partial charge on any atom is -0.412 e. The highest BCUT2D eigenvalue weighted by Crippen LogP contribution is 2.08. The van der Waals surface area contributed by atoms with Crippen LogP contribution in [0.15, 0.2) is 33.9 Å². The molecular formula is C12H14FN3O5S2. The molecule has 2 aromatic rings. The van der Waals surface area contributed by atoms with Crippen molar-refractivity contribution >= 4 is 19.9 Å². The number of hydrogen-bond acceptors (Lipinski definition) is 7. The highest BCUT2D eigenvalue weighted by molar-refractivity contribution is 7.90. The van der Waals surface area contributed by atoms with Gasteiger partial charge in [0.2, 0.25) is 25.8 Å². The van der Waals surface area contributed by atoms with Crippen molar-refractivity contribution < 1.29 is 25.6 Å². The van der Waals surface area contributed by atoms with Crippen molar-refractivity contribution in [2.24, 2.45) is 0 Å². The zero-order chi connectivity index (χ0) is 17.1. The fourth-order valence-corrected chi connectivity index (χ4v) is 3.24. The lowest BCUT2D eigenvalue weighted by Crippen LogP contribution is -2.27. The second kappa shape index (κ2) is 6.72. The maximum Gasteiger partial charge on any atom is 0.335 e. The number of aromatic nitrogens is 2. The van der Waals surface area contributed by atoms with E-state index in [0.717, 1.165) is 6.26 Å². The number of rotatable bonds is 7. The number of sulfone groups is 1. The van der Waals surface area contributed by atoms with Gasteiger partial charge >= 0.3 is 5.22 Å². The summed E-state index contributed by atoms with van der Waals surface area (Å²) in [6.07, 6.45) is 0.973. The molecule has 0 amide bonds. The summed E-state index contributed by atoms with van der Waals surface area (Å²) < 4.78 is 66.1. The smallest absolute Gasteiger partial charge is 0.335 e. The predicted molar refractivity (Wildman–Crippen MR) is 78.1 cm³/mol. The van der Waals surface area contributed by atoms with E-state index in [1.807, 2.05) is 0 Å². The molecule has 0 fully saturated rings. The third-order valence-corrected chi connectivity index (χ3v) is 4.85. The maximum atomic E-state index is 12.8. The summed E-state index contributed by atoms with van der Waals surface area (Å²) >= 11 is 0. The number of hydrogen-bond donors (Lipinski definition) is 1. The van der Waals surface area contributed by atoms with Crippen LogP contribution in [-0.2, 0) is 32.0 Å². The van der Waals surface area contributed by atoms with Gasteiger partial charge in [0.15, 0.2) is 0 Å². The van der Waals surface area contributed by atoms with E-state index in [9.17, 15) is 21.2 Å². The highest BCUT2D eigenvalue weighted by atomic mass is 32.2. The van der Waals surface area contributed by atoms with Crippen molar-refractivity contribution in [3.05, 3.63) is 41.5 Å². The van der Waals surface area contributed by atoms with Crippen LogP contribution in [0.1, 0.15) is 11.5 Å². The number of halogens is 1. The van der Waals surface area contributed by atoms with Crippen LogP contribution in [0.4, 0.5) is 4.39 Å². The van der Waals surface area contributed by atoms with Gasteiger partial charge in [-0.1, -0.05) is 17.2 Å². The van der Waals surface area contributed by atoms with Gasteiger partial charge in [0.1, 0.15) is 5.82 Å². The Balaban J connectivity index is 1.89. The van der Waals surface area contributed by atoms with Crippen LogP contribution >= 0.6 is 0 Å². The Hall–Kier alpha value is -1.85. The van der Waals surface area contributed by atoms with Crippen LogP contribution in [0.25, 0.3) is 0 Å². The third-order valence-electron chi connectivity index (χ3n) is 2.70. The summed E-state index contributed by atoms with van der Waals surface area (Å²) in [6.45, 7) is -0.0328. The topological polar surface area (TPSA) is 119 Å². The molecule has 1 aromatic carbocycles. The fraction of sp³-hybridized carbons (Fsp3) is 0.333. The zero-order valence-electron chi connectivity index (χ0n) is 12.1. The van der Waals surface area contributed by atoms with Gasteiger partial charge in [-0.2, -0.15) is 0 Å². The Morgan fingerprint density at radius 2 is 1.78 bits per heavy atom. The molecule has 1 aromatic heterocycles. The maximum absolute atomic E-state index is 12.8. The monoisotopic (exact) mass is 363 g/mol. The standard InChI is InChI=1S/C12H14FN3O5S2/c1-22(17,18)12-16-15-11(21-12)6-7-14-23(19,20)8-9-2-4-10(13)5-3-9/h2-5,14H,6-8H2,1H3. The number of sulfonamides is 1. The molecule has 1 heterocycles. The second-order valence-corrected chi connectivity index (χ2v) is 8.46. The minimum atomic E-state index is -3.62. The van der Waals surface area contributed by atoms with Gasteiger partial charge in [0, 0.05) is 19.2 Å². The molecule has 0 aliphatic heterocycles. The number of nitrogens with zero attached hydrogens (tertiary/aromatic N) is 2. The van der Waals surface area contributed by atoms with Gasteiger partial charge in [-0.25, -0.2) is 25.9 Å². The van der Waals surface area contributed by atoms with Crippen LogP contribution in [0.3, 0.4) is 0 Å². The lowest BCUT2D eigenvalue weighted by molar-refractivity contribution is 0.397. The van der Waals surface area contributed by atoms with Gasteiger partial charge < -0.3 is 4.42 Å². The first-order chi connectivity index (χ1) is 10.7. The number of benzene rings is 1. The molecule has 2 rings (SSSR count). The molecule has 23 heavy (non-hydrogen) atoms. The van der Waals surface area contributed by atoms with E-state index >= 15 is 0 Å². The van der Waals surface area contributed by atoms with E-state index < -0.39 is 30.9 Å². The quantitative estimate of drug-likeness (QED) is 0.750. The van der Waals surface area contributed by atoms with Crippen molar-refractivity contribution in [1.82, 2.24) is 14.9 Å². The van der Waals surface area contributed by atoms with Crippen LogP contribution < -0.4 is 4.72 Å². The first-order valence-corrected chi connectivity index (χ1v) is 9.94. The zero-order valence-corrected chi connectivity index (χ0v) is 13.7. The summed E-state index contributed by atoms with van der Waals surface area (Å²) in [7, 11) is -7.21. The van der Waals surface area contributed by atoms with E-state index in [1.165, 1.54) is 24.3 Å². The van der Waals surface area contributed by atoms with E-state index in [4.69, 9.17) is 4.42 Å². The molecule has 1 N–H and O–H groups in total. The Morgan fingerprint density at radius 1 is 1.13 bits per heavy atom. The molecule has 0 radical (unpaired) electrons. The Labute approximate surface area is 132 Å². The Morgan fingerprint density at radius 3 is 2.35 bits per heavy atom. The molecule has 0 aliphatic carbocycles. The van der Waals surface area contributed by atoms with Gasteiger partial charge in [-0.15, -0.1) is 5.10 Å². The van der Waals surface area contributed by atoms with Gasteiger partial charge in [-0.05, 0) is 17.7 Å². The summed E-state index contributed by atoms with van der Waals surface area (Å²) in [6, 6.07) is 5.11. The van der Waals surface area contributed by atoms with Crippen molar-refractivity contribution in [2.75, 3.05) is 12.8 Å². The number of nitrogens with one attached hydrogen (secondary N) is 1. The molecule has 0 bridgehead atoms. The van der Waals surface area contributed by atoms with E-state index in [-0.39, 0.29) is 24.6 Å². The van der Waals surface area contributed by atoms with Crippen molar-refractivity contribution in [2.45, 2.75) is 17.4 Å². The highest BCUT2D eigenvalue weighted by Gasteiger charge is 2.17. The summed E-state index contributed by atoms with van der Waals surface area (Å²) in [5.74, 6) is -0.738. The van der Waals surface area contributed by atoms with Crippen LogP contribution in [0.2, 0.25) is 0 Å². The van der Waals surface area contributed by atoms with Gasteiger partial charge in [-0.3, -0.25) is 0 Å². The molecule has 0 spiro atoms. The van der Waals surface area contributed by atoms with E-state index in [1.54, 1.807) is 0 Å². The molecule has 0 saturated carbocycles. The van der Waals surface area contributed by atoms with Crippen molar-refractivity contribution in [1.29, 1.82) is 0 Å². The molecule has 0 aliphatic rings. The van der Waals surface area contributed by atoms with Crippen LogP contribution in [-0.4, -0.2) is 39.8 Å². The normalized spacial score (nSPS) is 12.4. The average molecular weight is 363 g/mol. The Kier molecular flexibility index (Phi) is 5.12. The van der Waals surface area contributed by atoms with Crippen molar-refractivity contribution in [3.8, 4) is 0 Å². The lowest BCUT2D eigenvalue weighted by Gasteiger charge is -2.05. The Bertz CT molecular complexity index is 876. The molecule has 8 nitrogen and oxygen atoms in total. The molecule has 0 saturated heterocycles. The predicted octanol–water partition coefficient (Wildman–Crippen LogP) is 0.274. The van der Waals surface area contributed by atoms with Crippen molar-refractivity contribution in [3.63, 3.8) is 0 Å². The van der Waals surface area contributed by atoms with E-state index in [2.05, 4.69) is 14.9 Å². The molecular weight excluding hydrogens is 349 g/mol. The van der Waals surface area contributed by atoms with Crippen LogP contribution in [0.5, 0.6) is 0 Å². The average Bonchev–Trinajstić information content (AvgIpc) is 2.90. The third kappa shape index (κ3) is 5.37. The van der Waals surface area contributed by atoms with E-state index in [0.29, 0.717) is 5.56 Å². The first kappa shape index (κ1) is 17.5. The molecule has 126 valence electrons. The molecule has 0 unspecified atom stereocenters. The SMILES string of the molecule is CS(=O)(=O)c1nnc(CCNS(=O)(=O)Cc2ccc(F)cc2)o1. The molecule has 0 atom stereocenters. The summed E-state index contributed by atoms with van der Waals surface area (Å²) in [5, 5.41) is 6.37. The fourth-order valence-electron chi connectivity index (χ4n) is 1.65.